The van der Waals surface area contributed by atoms with E-state index in [4.69, 9.17) is 5.11 Å². The van der Waals surface area contributed by atoms with Crippen LogP contribution in [0.25, 0.3) is 0 Å². The van der Waals surface area contributed by atoms with Gasteiger partial charge in [-0.15, -0.1) is 0 Å². The summed E-state index contributed by atoms with van der Waals surface area (Å²) in [6.45, 7) is 1.78. The molecule has 9 nitrogen and oxygen atoms in total. The van der Waals surface area contributed by atoms with Crippen LogP contribution in [0.2, 0.25) is 0 Å². The minimum atomic E-state index is -0.884. The summed E-state index contributed by atoms with van der Waals surface area (Å²) in [5.41, 5.74) is 0.564. The van der Waals surface area contributed by atoms with Crippen molar-refractivity contribution in [1.82, 2.24) is 20.1 Å². The minimum absolute atomic E-state index is 0.0861. The van der Waals surface area contributed by atoms with Crippen molar-refractivity contribution < 1.29 is 19.5 Å². The summed E-state index contributed by atoms with van der Waals surface area (Å²) in [7, 11) is 1.44. The van der Waals surface area contributed by atoms with Gasteiger partial charge in [0.2, 0.25) is 0 Å². The number of amides is 3. The Bertz CT molecular complexity index is 1050. The van der Waals surface area contributed by atoms with Crippen molar-refractivity contribution in [2.75, 3.05) is 26.7 Å². The number of hydrogen-bond donors (Lipinski definition) is 3. The molecule has 1 aliphatic heterocycles. The minimum Gasteiger partial charge on any atom is -0.465 e. The van der Waals surface area contributed by atoms with Gasteiger partial charge in [-0.2, -0.15) is 0 Å². The number of carboxylic acid groups (broad SMARTS) is 1. The molecule has 2 heterocycles. The molecule has 3 rings (SSSR count). The SMILES string of the molecule is CNC(=O)c1cc(C(=O)NCCCC2CCCN(C(=O)O)C2)cn(Cc2ccccc2)c1=O. The molecule has 3 N–H and O–H groups in total. The van der Waals surface area contributed by atoms with Gasteiger partial charge in [-0.1, -0.05) is 30.3 Å². The molecule has 9 heteroatoms. The smallest absolute Gasteiger partial charge is 0.407 e. The third kappa shape index (κ3) is 6.44. The topological polar surface area (TPSA) is 121 Å². The van der Waals surface area contributed by atoms with Gasteiger partial charge in [0, 0.05) is 32.9 Å². The van der Waals surface area contributed by atoms with Crippen LogP contribution in [-0.2, 0) is 6.54 Å². The van der Waals surface area contributed by atoms with Gasteiger partial charge < -0.3 is 25.2 Å². The fourth-order valence-corrected chi connectivity index (χ4v) is 4.12. The normalized spacial score (nSPS) is 15.7. The van der Waals surface area contributed by atoms with Crippen LogP contribution >= 0.6 is 0 Å². The molecule has 1 atom stereocenters. The number of benzene rings is 1. The highest BCUT2D eigenvalue weighted by molar-refractivity contribution is 5.99. The van der Waals surface area contributed by atoms with Crippen LogP contribution < -0.4 is 16.2 Å². The molecule has 0 bridgehead atoms. The molecule has 1 fully saturated rings. The van der Waals surface area contributed by atoms with Crippen LogP contribution in [0.3, 0.4) is 0 Å². The van der Waals surface area contributed by atoms with Gasteiger partial charge in [0.1, 0.15) is 5.56 Å². The van der Waals surface area contributed by atoms with E-state index in [1.54, 1.807) is 0 Å². The highest BCUT2D eigenvalue weighted by atomic mass is 16.4. The molecular weight excluding hydrogens is 424 g/mol. The summed E-state index contributed by atoms with van der Waals surface area (Å²) < 4.78 is 1.37. The van der Waals surface area contributed by atoms with Crippen molar-refractivity contribution in [1.29, 1.82) is 0 Å². The number of hydrogen-bond acceptors (Lipinski definition) is 4. The fourth-order valence-electron chi connectivity index (χ4n) is 4.12. The lowest BCUT2D eigenvalue weighted by Gasteiger charge is -2.30. The Morgan fingerprint density at radius 1 is 1.15 bits per heavy atom. The number of nitrogens with one attached hydrogen (secondary N) is 2. The maximum atomic E-state index is 12.8. The molecule has 0 aliphatic carbocycles. The Morgan fingerprint density at radius 3 is 2.61 bits per heavy atom. The molecule has 176 valence electrons. The lowest BCUT2D eigenvalue weighted by Crippen LogP contribution is -2.39. The molecule has 0 spiro atoms. The maximum Gasteiger partial charge on any atom is 0.407 e. The standard InChI is InChI=1S/C24H30N4O5/c1-25-22(30)20-13-19(16-28(23(20)31)15-17-7-3-2-4-8-17)21(29)26-11-5-9-18-10-6-12-27(14-18)24(32)33/h2-4,7-8,13,16,18H,5-6,9-12,14-15H2,1H3,(H,25,30)(H,26,29)(H,32,33). The van der Waals surface area contributed by atoms with E-state index in [0.29, 0.717) is 25.6 Å². The zero-order valence-electron chi connectivity index (χ0n) is 18.8. The van der Waals surface area contributed by atoms with Crippen LogP contribution in [0.5, 0.6) is 0 Å². The summed E-state index contributed by atoms with van der Waals surface area (Å²) in [6, 6.07) is 10.7. The first-order valence-corrected chi connectivity index (χ1v) is 11.2. The number of carbonyl (C=O) groups is 3. The van der Waals surface area contributed by atoms with E-state index in [9.17, 15) is 19.2 Å². The first kappa shape index (κ1) is 24.0. The average Bonchev–Trinajstić information content (AvgIpc) is 2.83. The summed E-state index contributed by atoms with van der Waals surface area (Å²) in [6.07, 6.45) is 3.97. The highest BCUT2D eigenvalue weighted by Crippen LogP contribution is 2.20. The van der Waals surface area contributed by atoms with Crippen LogP contribution in [-0.4, -0.2) is 59.2 Å². The predicted octanol–water partition coefficient (Wildman–Crippen LogP) is 2.16. The zero-order valence-corrected chi connectivity index (χ0v) is 18.8. The number of pyridine rings is 1. The van der Waals surface area contributed by atoms with Crippen molar-refractivity contribution in [3.8, 4) is 0 Å². The highest BCUT2D eigenvalue weighted by Gasteiger charge is 2.23. The molecule has 33 heavy (non-hydrogen) atoms. The molecule has 1 aromatic heterocycles. The fraction of sp³-hybridized carbons (Fsp3) is 0.417. The Balaban J connectivity index is 1.65. The molecule has 0 radical (unpaired) electrons. The maximum absolute atomic E-state index is 12.8. The van der Waals surface area contributed by atoms with Gasteiger partial charge in [0.05, 0.1) is 12.1 Å². The third-order valence-electron chi connectivity index (χ3n) is 5.88. The number of piperidine rings is 1. The van der Waals surface area contributed by atoms with Gasteiger partial charge in [-0.05, 0) is 43.2 Å². The molecule has 3 amide bonds. The molecule has 2 aromatic rings. The van der Waals surface area contributed by atoms with Crippen molar-refractivity contribution in [2.24, 2.45) is 5.92 Å². The van der Waals surface area contributed by atoms with E-state index >= 15 is 0 Å². The Morgan fingerprint density at radius 2 is 1.91 bits per heavy atom. The van der Waals surface area contributed by atoms with Gasteiger partial charge in [-0.25, -0.2) is 4.79 Å². The number of nitrogens with zero attached hydrogens (tertiary/aromatic N) is 2. The van der Waals surface area contributed by atoms with Crippen molar-refractivity contribution in [3.63, 3.8) is 0 Å². The van der Waals surface area contributed by atoms with Gasteiger partial charge in [0.25, 0.3) is 17.4 Å². The largest absolute Gasteiger partial charge is 0.465 e. The zero-order chi connectivity index (χ0) is 23.8. The first-order valence-electron chi connectivity index (χ1n) is 11.2. The molecular formula is C24H30N4O5. The average molecular weight is 455 g/mol. The first-order chi connectivity index (χ1) is 15.9. The van der Waals surface area contributed by atoms with E-state index in [1.165, 1.54) is 28.8 Å². The Kier molecular flexibility index (Phi) is 8.23. The lowest BCUT2D eigenvalue weighted by atomic mass is 9.93. The van der Waals surface area contributed by atoms with Gasteiger partial charge in [-0.3, -0.25) is 14.4 Å². The van der Waals surface area contributed by atoms with E-state index in [1.807, 2.05) is 30.3 Å². The molecule has 0 saturated carbocycles. The van der Waals surface area contributed by atoms with Crippen LogP contribution in [0.1, 0.15) is 52.0 Å². The second-order valence-corrected chi connectivity index (χ2v) is 8.28. The van der Waals surface area contributed by atoms with Gasteiger partial charge >= 0.3 is 6.09 Å². The van der Waals surface area contributed by atoms with Crippen molar-refractivity contribution >= 4 is 17.9 Å². The number of likely N-dealkylation sites (tertiary alicyclic amines) is 1. The number of carbonyl (C=O) groups excluding carboxylic acids is 2. The summed E-state index contributed by atoms with van der Waals surface area (Å²) >= 11 is 0. The van der Waals surface area contributed by atoms with E-state index in [-0.39, 0.29) is 23.6 Å². The van der Waals surface area contributed by atoms with Crippen LogP contribution in [0.15, 0.2) is 47.4 Å². The lowest BCUT2D eigenvalue weighted by molar-refractivity contribution is 0.0950. The van der Waals surface area contributed by atoms with Crippen molar-refractivity contribution in [3.05, 3.63) is 69.6 Å². The summed E-state index contributed by atoms with van der Waals surface area (Å²) in [4.78, 5) is 50.4. The van der Waals surface area contributed by atoms with Crippen LogP contribution in [0.4, 0.5) is 4.79 Å². The van der Waals surface area contributed by atoms with Gasteiger partial charge in [0.15, 0.2) is 0 Å². The van der Waals surface area contributed by atoms with Crippen molar-refractivity contribution in [2.45, 2.75) is 32.2 Å². The Labute approximate surface area is 192 Å². The Hall–Kier alpha value is -3.62. The number of rotatable bonds is 8. The molecule has 1 aromatic carbocycles. The molecule has 1 saturated heterocycles. The molecule has 1 unspecified atom stereocenters. The quantitative estimate of drug-likeness (QED) is 0.528. The summed E-state index contributed by atoms with van der Waals surface area (Å²) in [5, 5.41) is 14.5. The van der Waals surface area contributed by atoms with E-state index < -0.39 is 17.6 Å². The monoisotopic (exact) mass is 454 g/mol. The second kappa shape index (κ2) is 11.3. The molecule has 1 aliphatic rings. The second-order valence-electron chi connectivity index (χ2n) is 8.28. The third-order valence-corrected chi connectivity index (χ3v) is 5.88. The number of aromatic nitrogens is 1. The van der Waals surface area contributed by atoms with E-state index in [0.717, 1.165) is 31.2 Å². The predicted molar refractivity (Wildman–Crippen MR) is 124 cm³/mol. The van der Waals surface area contributed by atoms with E-state index in [2.05, 4.69) is 10.6 Å². The van der Waals surface area contributed by atoms with Crippen LogP contribution in [0, 0.1) is 5.92 Å². The summed E-state index contributed by atoms with van der Waals surface area (Å²) in [5.74, 6) is -0.617.